The molecule has 0 radical (unpaired) electrons. The lowest BCUT2D eigenvalue weighted by atomic mass is 10.2. The Labute approximate surface area is 135 Å². The Morgan fingerprint density at radius 3 is 2.77 bits per heavy atom. The third-order valence-electron chi connectivity index (χ3n) is 2.64. The number of hydrogen-bond acceptors (Lipinski definition) is 7. The molecule has 0 unspecified atom stereocenters. The van der Waals surface area contributed by atoms with Crippen LogP contribution in [0.3, 0.4) is 0 Å². The standard InChI is InChI=1S/C12H12BrN3O5S/c1-7-15-11(16-21-7)6-14-22(18,19)8-3-4-10(13)9(5-8)12(17)20-2/h3-5,14H,6H2,1-2H3. The lowest BCUT2D eigenvalue weighted by molar-refractivity contribution is 0.0599. The SMILES string of the molecule is COC(=O)c1cc(S(=O)(=O)NCc2noc(C)n2)ccc1Br. The number of sulfonamides is 1. The van der Waals surface area contributed by atoms with Gasteiger partial charge in [-0.1, -0.05) is 5.16 Å². The van der Waals surface area contributed by atoms with Crippen LogP contribution in [0.15, 0.2) is 32.1 Å². The Morgan fingerprint density at radius 2 is 2.18 bits per heavy atom. The molecule has 0 aliphatic rings. The molecule has 2 rings (SSSR count). The number of halogens is 1. The van der Waals surface area contributed by atoms with Gasteiger partial charge in [0.05, 0.1) is 24.1 Å². The Hall–Kier alpha value is -1.78. The minimum Gasteiger partial charge on any atom is -0.465 e. The first kappa shape index (κ1) is 16.6. The van der Waals surface area contributed by atoms with Crippen LogP contribution in [0, 0.1) is 6.92 Å². The molecule has 0 amide bonds. The van der Waals surface area contributed by atoms with Crippen molar-refractivity contribution in [2.24, 2.45) is 0 Å². The van der Waals surface area contributed by atoms with Crippen molar-refractivity contribution in [1.29, 1.82) is 0 Å². The third-order valence-corrected chi connectivity index (χ3v) is 4.73. The van der Waals surface area contributed by atoms with Gasteiger partial charge in [0.25, 0.3) is 0 Å². The molecule has 22 heavy (non-hydrogen) atoms. The van der Waals surface area contributed by atoms with Gasteiger partial charge in [-0.05, 0) is 34.1 Å². The highest BCUT2D eigenvalue weighted by Crippen LogP contribution is 2.21. The number of aromatic nitrogens is 2. The minimum absolute atomic E-state index is 0.0729. The highest BCUT2D eigenvalue weighted by Gasteiger charge is 2.19. The van der Waals surface area contributed by atoms with Crippen molar-refractivity contribution in [2.75, 3.05) is 7.11 Å². The second kappa shape index (κ2) is 6.55. The number of nitrogens with one attached hydrogen (secondary N) is 1. The number of carbonyl (C=O) groups excluding carboxylic acids is 1. The maximum absolute atomic E-state index is 12.2. The van der Waals surface area contributed by atoms with Crippen molar-refractivity contribution >= 4 is 31.9 Å². The summed E-state index contributed by atoms with van der Waals surface area (Å²) in [6, 6.07) is 4.04. The van der Waals surface area contributed by atoms with Crippen molar-refractivity contribution in [3.05, 3.63) is 40.0 Å². The maximum atomic E-state index is 12.2. The van der Waals surface area contributed by atoms with Crippen LogP contribution in [0.4, 0.5) is 0 Å². The molecule has 0 saturated carbocycles. The van der Waals surface area contributed by atoms with Crippen LogP contribution in [0.5, 0.6) is 0 Å². The Morgan fingerprint density at radius 1 is 1.45 bits per heavy atom. The topological polar surface area (TPSA) is 111 Å². The molecule has 0 bridgehead atoms. The molecule has 8 nitrogen and oxygen atoms in total. The van der Waals surface area contributed by atoms with Gasteiger partial charge in [-0.3, -0.25) is 0 Å². The molecule has 0 aliphatic heterocycles. The molecule has 0 fully saturated rings. The predicted octanol–water partition coefficient (Wildman–Crippen LogP) is 1.41. The number of methoxy groups -OCH3 is 1. The number of rotatable bonds is 5. The van der Waals surface area contributed by atoms with E-state index in [9.17, 15) is 13.2 Å². The second-order valence-corrected chi connectivity index (χ2v) is 6.81. The van der Waals surface area contributed by atoms with Crippen LogP contribution in [-0.4, -0.2) is 31.6 Å². The molecule has 1 aromatic carbocycles. The predicted molar refractivity (Wildman–Crippen MR) is 78.5 cm³/mol. The van der Waals surface area contributed by atoms with E-state index in [2.05, 4.69) is 35.5 Å². The summed E-state index contributed by atoms with van der Waals surface area (Å²) >= 11 is 3.17. The largest absolute Gasteiger partial charge is 0.465 e. The minimum atomic E-state index is -3.83. The zero-order valence-electron chi connectivity index (χ0n) is 11.7. The van der Waals surface area contributed by atoms with E-state index in [0.717, 1.165) is 0 Å². The Balaban J connectivity index is 2.23. The average molecular weight is 390 g/mol. The van der Waals surface area contributed by atoms with Gasteiger partial charge < -0.3 is 9.26 Å². The molecular weight excluding hydrogens is 378 g/mol. The molecule has 1 heterocycles. The van der Waals surface area contributed by atoms with Gasteiger partial charge in [-0.15, -0.1) is 0 Å². The van der Waals surface area contributed by atoms with E-state index < -0.39 is 16.0 Å². The number of carbonyl (C=O) groups is 1. The van der Waals surface area contributed by atoms with E-state index in [1.54, 1.807) is 6.92 Å². The lowest BCUT2D eigenvalue weighted by Crippen LogP contribution is -2.24. The maximum Gasteiger partial charge on any atom is 0.339 e. The van der Waals surface area contributed by atoms with E-state index in [1.807, 2.05) is 0 Å². The zero-order chi connectivity index (χ0) is 16.3. The quantitative estimate of drug-likeness (QED) is 0.769. The summed E-state index contributed by atoms with van der Waals surface area (Å²) < 4.78 is 36.6. The van der Waals surface area contributed by atoms with Crippen LogP contribution >= 0.6 is 15.9 Å². The van der Waals surface area contributed by atoms with Crippen LogP contribution in [0.1, 0.15) is 22.1 Å². The molecule has 1 N–H and O–H groups in total. The van der Waals surface area contributed by atoms with Crippen molar-refractivity contribution in [1.82, 2.24) is 14.9 Å². The summed E-state index contributed by atoms with van der Waals surface area (Å²) in [5, 5.41) is 3.59. The van der Waals surface area contributed by atoms with Crippen molar-refractivity contribution < 1.29 is 22.5 Å². The summed E-state index contributed by atoms with van der Waals surface area (Å²) in [5.74, 6) is -0.0880. The molecule has 118 valence electrons. The van der Waals surface area contributed by atoms with Crippen molar-refractivity contribution in [3.8, 4) is 0 Å². The number of aryl methyl sites for hydroxylation is 1. The normalized spacial score (nSPS) is 11.4. The van der Waals surface area contributed by atoms with Gasteiger partial charge >= 0.3 is 5.97 Å². The van der Waals surface area contributed by atoms with Crippen molar-refractivity contribution in [2.45, 2.75) is 18.4 Å². The lowest BCUT2D eigenvalue weighted by Gasteiger charge is -2.08. The van der Waals surface area contributed by atoms with Gasteiger partial charge in [0, 0.05) is 11.4 Å². The average Bonchev–Trinajstić information content (AvgIpc) is 2.90. The molecule has 0 atom stereocenters. The summed E-state index contributed by atoms with van der Waals surface area (Å²) in [7, 11) is -2.62. The molecular formula is C12H12BrN3O5S. The highest BCUT2D eigenvalue weighted by molar-refractivity contribution is 9.10. The summed E-state index contributed by atoms with van der Waals surface area (Å²) in [4.78, 5) is 15.4. The molecule has 0 saturated heterocycles. The van der Waals surface area contributed by atoms with E-state index in [4.69, 9.17) is 4.52 Å². The van der Waals surface area contributed by atoms with Gasteiger partial charge in [0.2, 0.25) is 15.9 Å². The van der Waals surface area contributed by atoms with Gasteiger partial charge in [0.15, 0.2) is 5.82 Å². The van der Waals surface area contributed by atoms with E-state index in [-0.39, 0.29) is 22.8 Å². The number of benzene rings is 1. The van der Waals surface area contributed by atoms with E-state index in [0.29, 0.717) is 10.4 Å². The molecule has 2 aromatic rings. The molecule has 10 heteroatoms. The van der Waals surface area contributed by atoms with Crippen LogP contribution < -0.4 is 4.72 Å². The zero-order valence-corrected chi connectivity index (χ0v) is 14.1. The van der Waals surface area contributed by atoms with Gasteiger partial charge in [-0.2, -0.15) is 4.98 Å². The Kier molecular flexibility index (Phi) is 4.94. The number of esters is 1. The van der Waals surface area contributed by atoms with Crippen LogP contribution in [0.25, 0.3) is 0 Å². The smallest absolute Gasteiger partial charge is 0.339 e. The monoisotopic (exact) mass is 389 g/mol. The van der Waals surface area contributed by atoms with Gasteiger partial charge in [0.1, 0.15) is 0 Å². The van der Waals surface area contributed by atoms with Crippen LogP contribution in [-0.2, 0) is 21.3 Å². The second-order valence-electron chi connectivity index (χ2n) is 4.19. The van der Waals surface area contributed by atoms with Crippen molar-refractivity contribution in [3.63, 3.8) is 0 Å². The van der Waals surface area contributed by atoms with Crippen LogP contribution in [0.2, 0.25) is 0 Å². The first-order valence-corrected chi connectivity index (χ1v) is 8.28. The summed E-state index contributed by atoms with van der Waals surface area (Å²) in [6.07, 6.45) is 0. The van der Waals surface area contributed by atoms with E-state index >= 15 is 0 Å². The first-order chi connectivity index (χ1) is 10.3. The summed E-state index contributed by atoms with van der Waals surface area (Å²) in [6.45, 7) is 1.48. The fourth-order valence-electron chi connectivity index (χ4n) is 1.59. The highest BCUT2D eigenvalue weighted by atomic mass is 79.9. The fraction of sp³-hybridized carbons (Fsp3) is 0.250. The molecule has 0 spiro atoms. The van der Waals surface area contributed by atoms with Gasteiger partial charge in [-0.25, -0.2) is 17.9 Å². The number of nitrogens with zero attached hydrogens (tertiary/aromatic N) is 2. The third kappa shape index (κ3) is 3.70. The fourth-order valence-corrected chi connectivity index (χ4v) is 3.01. The Bertz CT molecular complexity index is 803. The first-order valence-electron chi connectivity index (χ1n) is 6.00. The molecule has 0 aliphatic carbocycles. The number of hydrogen-bond donors (Lipinski definition) is 1. The van der Waals surface area contributed by atoms with E-state index in [1.165, 1.54) is 25.3 Å². The summed E-state index contributed by atoms with van der Waals surface area (Å²) in [5.41, 5.74) is 0.112. The molecule has 1 aromatic heterocycles. The number of ether oxygens (including phenoxy) is 1.